The van der Waals surface area contributed by atoms with Crippen LogP contribution in [-0.2, 0) is 6.54 Å². The van der Waals surface area contributed by atoms with Gasteiger partial charge >= 0.3 is 0 Å². The number of hydrogen-bond donors (Lipinski definition) is 1. The molecular weight excluding hydrogens is 264 g/mol. The Morgan fingerprint density at radius 2 is 1.95 bits per heavy atom. The lowest BCUT2D eigenvalue weighted by atomic mass is 10.1. The average molecular weight is 280 g/mol. The molecule has 1 aromatic rings. The third kappa shape index (κ3) is 3.49. The van der Waals surface area contributed by atoms with Crippen LogP contribution in [0.15, 0.2) is 18.2 Å². The van der Waals surface area contributed by atoms with Crippen LogP contribution in [0.2, 0.25) is 0 Å². The molecule has 1 aliphatic rings. The van der Waals surface area contributed by atoms with Gasteiger partial charge in [0.25, 0.3) is 11.4 Å². The Labute approximate surface area is 115 Å². The van der Waals surface area contributed by atoms with Gasteiger partial charge in [0.15, 0.2) is 0 Å². The van der Waals surface area contributed by atoms with E-state index >= 15 is 0 Å². The topological polar surface area (TPSA) is 102 Å². The van der Waals surface area contributed by atoms with Crippen LogP contribution in [0.4, 0.5) is 11.4 Å². The largest absolute Gasteiger partial charge is 0.315 e. The zero-order valence-electron chi connectivity index (χ0n) is 10.9. The summed E-state index contributed by atoms with van der Waals surface area (Å²) >= 11 is 0. The molecule has 0 amide bonds. The third-order valence-electron chi connectivity index (χ3n) is 3.30. The summed E-state index contributed by atoms with van der Waals surface area (Å²) in [4.78, 5) is 22.7. The van der Waals surface area contributed by atoms with Crippen molar-refractivity contribution in [2.24, 2.45) is 0 Å². The van der Waals surface area contributed by atoms with Crippen molar-refractivity contribution in [2.45, 2.75) is 13.0 Å². The maximum atomic E-state index is 11.1. The van der Waals surface area contributed by atoms with Crippen molar-refractivity contribution in [3.05, 3.63) is 44.0 Å². The molecule has 0 atom stereocenters. The number of rotatable bonds is 4. The second kappa shape index (κ2) is 6.40. The van der Waals surface area contributed by atoms with Crippen molar-refractivity contribution in [2.75, 3.05) is 26.2 Å². The highest BCUT2D eigenvalue weighted by atomic mass is 16.6. The van der Waals surface area contributed by atoms with Gasteiger partial charge in [0.2, 0.25) is 0 Å². The van der Waals surface area contributed by atoms with Crippen LogP contribution in [0.3, 0.4) is 0 Å². The van der Waals surface area contributed by atoms with Crippen LogP contribution in [0.5, 0.6) is 0 Å². The fraction of sp³-hybridized carbons (Fsp3) is 0.500. The number of nitro groups is 2. The summed E-state index contributed by atoms with van der Waals surface area (Å²) < 4.78 is 0. The minimum atomic E-state index is -0.618. The summed E-state index contributed by atoms with van der Waals surface area (Å²) in [6.45, 7) is 3.91. The molecule has 0 saturated carbocycles. The minimum absolute atomic E-state index is 0.184. The quantitative estimate of drug-likeness (QED) is 0.658. The summed E-state index contributed by atoms with van der Waals surface area (Å²) in [5.41, 5.74) is 0.0805. The van der Waals surface area contributed by atoms with Crippen LogP contribution in [-0.4, -0.2) is 40.9 Å². The second-order valence-corrected chi connectivity index (χ2v) is 4.71. The Morgan fingerprint density at radius 1 is 1.15 bits per heavy atom. The molecule has 108 valence electrons. The first-order chi connectivity index (χ1) is 9.58. The molecule has 1 N–H and O–H groups in total. The van der Waals surface area contributed by atoms with Gasteiger partial charge < -0.3 is 5.32 Å². The highest BCUT2D eigenvalue weighted by Gasteiger charge is 2.21. The lowest BCUT2D eigenvalue weighted by Gasteiger charge is -2.19. The van der Waals surface area contributed by atoms with Crippen molar-refractivity contribution in [3.63, 3.8) is 0 Å². The first-order valence-electron chi connectivity index (χ1n) is 6.42. The molecule has 20 heavy (non-hydrogen) atoms. The van der Waals surface area contributed by atoms with Crippen LogP contribution in [0.25, 0.3) is 0 Å². The predicted octanol–water partition coefficient (Wildman–Crippen LogP) is 1.30. The Kier molecular flexibility index (Phi) is 4.59. The molecule has 8 nitrogen and oxygen atoms in total. The van der Waals surface area contributed by atoms with E-state index in [2.05, 4.69) is 10.2 Å². The normalized spacial score (nSPS) is 16.6. The summed E-state index contributed by atoms with van der Waals surface area (Å²) in [5.74, 6) is 0. The summed E-state index contributed by atoms with van der Waals surface area (Å²) in [7, 11) is 0. The van der Waals surface area contributed by atoms with Crippen molar-refractivity contribution < 1.29 is 9.85 Å². The Hall–Kier alpha value is -2.06. The van der Waals surface area contributed by atoms with Gasteiger partial charge in [-0.05, 0) is 25.6 Å². The first kappa shape index (κ1) is 14.4. The summed E-state index contributed by atoms with van der Waals surface area (Å²) in [6.07, 6.45) is 0.987. The molecule has 0 bridgehead atoms. The number of nitro benzene ring substituents is 2. The van der Waals surface area contributed by atoms with Crippen LogP contribution < -0.4 is 5.32 Å². The van der Waals surface area contributed by atoms with Crippen LogP contribution in [0.1, 0.15) is 12.0 Å². The van der Waals surface area contributed by atoms with Crippen molar-refractivity contribution >= 4 is 11.4 Å². The van der Waals surface area contributed by atoms with Crippen molar-refractivity contribution in [3.8, 4) is 0 Å². The Bertz CT molecular complexity index is 512. The fourth-order valence-electron chi connectivity index (χ4n) is 2.27. The smallest absolute Gasteiger partial charge is 0.280 e. The number of nitrogens with zero attached hydrogens (tertiary/aromatic N) is 3. The molecular formula is C12H16N4O4. The highest BCUT2D eigenvalue weighted by Crippen LogP contribution is 2.25. The van der Waals surface area contributed by atoms with Gasteiger partial charge in [-0.1, -0.05) is 0 Å². The number of nitrogens with one attached hydrogen (secondary N) is 1. The Balaban J connectivity index is 2.21. The van der Waals surface area contributed by atoms with Crippen molar-refractivity contribution in [1.29, 1.82) is 0 Å². The van der Waals surface area contributed by atoms with Gasteiger partial charge in [-0.15, -0.1) is 0 Å². The van der Waals surface area contributed by atoms with Crippen molar-refractivity contribution in [1.82, 2.24) is 10.2 Å². The minimum Gasteiger partial charge on any atom is -0.315 e. The van der Waals surface area contributed by atoms with E-state index in [1.165, 1.54) is 12.1 Å². The molecule has 0 radical (unpaired) electrons. The van der Waals surface area contributed by atoms with E-state index < -0.39 is 9.85 Å². The van der Waals surface area contributed by atoms with E-state index in [4.69, 9.17) is 0 Å². The predicted molar refractivity (Wildman–Crippen MR) is 72.5 cm³/mol. The molecule has 0 spiro atoms. The fourth-order valence-corrected chi connectivity index (χ4v) is 2.27. The maximum Gasteiger partial charge on any atom is 0.280 e. The molecule has 1 aromatic carbocycles. The van der Waals surface area contributed by atoms with Gasteiger partial charge in [0, 0.05) is 31.3 Å². The van der Waals surface area contributed by atoms with E-state index in [-0.39, 0.29) is 11.4 Å². The summed E-state index contributed by atoms with van der Waals surface area (Å²) in [6, 6.07) is 3.83. The van der Waals surface area contributed by atoms with Gasteiger partial charge in [0.05, 0.1) is 15.9 Å². The molecule has 0 unspecified atom stereocenters. The highest BCUT2D eigenvalue weighted by molar-refractivity contribution is 5.49. The number of hydrogen-bond acceptors (Lipinski definition) is 6. The lowest BCUT2D eigenvalue weighted by molar-refractivity contribution is -0.394. The van der Waals surface area contributed by atoms with E-state index in [0.29, 0.717) is 12.1 Å². The van der Waals surface area contributed by atoms with E-state index in [1.807, 2.05) is 0 Å². The monoisotopic (exact) mass is 280 g/mol. The Morgan fingerprint density at radius 3 is 2.65 bits per heavy atom. The lowest BCUT2D eigenvalue weighted by Crippen LogP contribution is -2.27. The standard InChI is InChI=1S/C12H16N4O4/c17-15(18)11-3-2-10(12(8-11)16(19)20)9-14-6-1-4-13-5-7-14/h2-3,8,13H,1,4-7,9H2. The van der Waals surface area contributed by atoms with Crippen LogP contribution in [0, 0.1) is 20.2 Å². The van der Waals surface area contributed by atoms with E-state index in [1.54, 1.807) is 0 Å². The number of non-ortho nitro benzene ring substituents is 1. The SMILES string of the molecule is O=[N+]([O-])c1ccc(CN2CCCNCC2)c([N+](=O)[O-])c1. The molecule has 8 heteroatoms. The van der Waals surface area contributed by atoms with Gasteiger partial charge in [-0.2, -0.15) is 0 Å². The number of benzene rings is 1. The average Bonchev–Trinajstić information content (AvgIpc) is 2.67. The summed E-state index contributed by atoms with van der Waals surface area (Å²) in [5, 5.41) is 25.0. The molecule has 1 saturated heterocycles. The first-order valence-corrected chi connectivity index (χ1v) is 6.42. The molecule has 0 aliphatic carbocycles. The van der Waals surface area contributed by atoms with Gasteiger partial charge in [0.1, 0.15) is 0 Å². The molecule has 1 heterocycles. The zero-order chi connectivity index (χ0) is 14.5. The third-order valence-corrected chi connectivity index (χ3v) is 3.30. The van der Waals surface area contributed by atoms with E-state index in [9.17, 15) is 20.2 Å². The zero-order valence-corrected chi connectivity index (χ0v) is 10.9. The molecule has 2 rings (SSSR count). The van der Waals surface area contributed by atoms with Gasteiger partial charge in [-0.3, -0.25) is 25.1 Å². The molecule has 1 fully saturated rings. The molecule has 0 aromatic heterocycles. The van der Waals surface area contributed by atoms with Crippen LogP contribution >= 0.6 is 0 Å². The van der Waals surface area contributed by atoms with E-state index in [0.717, 1.165) is 38.7 Å². The van der Waals surface area contributed by atoms with Gasteiger partial charge in [-0.25, -0.2) is 0 Å². The molecule has 1 aliphatic heterocycles. The second-order valence-electron chi connectivity index (χ2n) is 4.71. The maximum absolute atomic E-state index is 11.1.